The number of hydrogen-bond donors (Lipinski definition) is 2. The molecule has 0 heterocycles. The summed E-state index contributed by atoms with van der Waals surface area (Å²) in [5, 5.41) is 27.0. The molecule has 0 unspecified atom stereocenters. The summed E-state index contributed by atoms with van der Waals surface area (Å²) in [5.74, 6) is -0.0533. The van der Waals surface area contributed by atoms with Gasteiger partial charge in [0.25, 0.3) is 0 Å². The molecule has 0 atom stereocenters. The number of allylic oxidation sites excluding steroid dienone is 1. The van der Waals surface area contributed by atoms with Crippen molar-refractivity contribution in [1.82, 2.24) is 0 Å². The van der Waals surface area contributed by atoms with Crippen LogP contribution in [0.25, 0.3) is 0 Å². The van der Waals surface area contributed by atoms with E-state index >= 15 is 0 Å². The van der Waals surface area contributed by atoms with Gasteiger partial charge in [0.15, 0.2) is 5.82 Å². The van der Waals surface area contributed by atoms with Gasteiger partial charge in [0.05, 0.1) is 9.85 Å². The largest absolute Gasteiger partial charge is 0.344 e. The second-order valence-corrected chi connectivity index (χ2v) is 5.11. The lowest BCUT2D eigenvalue weighted by Gasteiger charge is -2.13. The molecule has 0 spiro atoms. The van der Waals surface area contributed by atoms with Crippen LogP contribution < -0.4 is 10.6 Å². The molecule has 0 bridgehead atoms. The highest BCUT2D eigenvalue weighted by Crippen LogP contribution is 2.19. The normalized spacial score (nSPS) is 10.7. The first kappa shape index (κ1) is 18.0. The van der Waals surface area contributed by atoms with Gasteiger partial charge in [0.1, 0.15) is 6.08 Å². The number of nitrogens with one attached hydrogen (secondary N) is 2. The van der Waals surface area contributed by atoms with E-state index in [0.29, 0.717) is 17.5 Å². The first-order valence-electron chi connectivity index (χ1n) is 7.02. The maximum atomic E-state index is 11.4. The molecular weight excluding hydrogens is 348 g/mol. The fourth-order valence-corrected chi connectivity index (χ4v) is 1.98. The van der Waals surface area contributed by atoms with Gasteiger partial charge < -0.3 is 10.6 Å². The van der Waals surface area contributed by atoms with E-state index in [1.54, 1.807) is 60.7 Å². The third kappa shape index (κ3) is 5.33. The summed E-state index contributed by atoms with van der Waals surface area (Å²) < 4.78 is 0. The Morgan fingerprint density at radius 2 is 1.28 bits per heavy atom. The molecule has 0 amide bonds. The van der Waals surface area contributed by atoms with Gasteiger partial charge in [-0.15, -0.1) is 0 Å². The van der Waals surface area contributed by atoms with E-state index in [9.17, 15) is 20.2 Å². The number of anilines is 2. The van der Waals surface area contributed by atoms with Crippen LogP contribution in [0.3, 0.4) is 0 Å². The van der Waals surface area contributed by atoms with Crippen LogP contribution in [0.4, 0.5) is 11.4 Å². The molecule has 2 N–H and O–H groups in total. The van der Waals surface area contributed by atoms with E-state index in [1.165, 1.54) is 0 Å². The van der Waals surface area contributed by atoms with Crippen LogP contribution in [0.5, 0.6) is 0 Å². The van der Waals surface area contributed by atoms with Crippen LogP contribution >= 0.6 is 11.6 Å². The van der Waals surface area contributed by atoms with Crippen LogP contribution in [-0.2, 0) is 0 Å². The van der Waals surface area contributed by atoms with Crippen molar-refractivity contribution in [3.63, 3.8) is 0 Å². The highest BCUT2D eigenvalue weighted by Gasteiger charge is 2.22. The quantitative estimate of drug-likeness (QED) is 0.334. The molecule has 0 saturated heterocycles. The van der Waals surface area contributed by atoms with Gasteiger partial charge in [-0.2, -0.15) is 0 Å². The lowest BCUT2D eigenvalue weighted by atomic mass is 10.3. The number of rotatable bonds is 7. The molecule has 0 aliphatic heterocycles. The van der Waals surface area contributed by atoms with E-state index in [1.807, 2.05) is 0 Å². The number of hydrogen-bond acceptors (Lipinski definition) is 6. The fraction of sp³-hybridized carbons (Fsp3) is 0. The summed E-state index contributed by atoms with van der Waals surface area (Å²) in [4.78, 5) is 20.5. The zero-order chi connectivity index (χ0) is 18.2. The predicted octanol–water partition coefficient (Wildman–Crippen LogP) is 4.01. The van der Waals surface area contributed by atoms with Crippen molar-refractivity contribution < 1.29 is 9.85 Å². The summed E-state index contributed by atoms with van der Waals surface area (Å²) in [7, 11) is 0. The van der Waals surface area contributed by atoms with E-state index in [2.05, 4.69) is 10.6 Å². The number of halogens is 1. The second kappa shape index (κ2) is 8.46. The van der Waals surface area contributed by atoms with Gasteiger partial charge in [-0.25, -0.2) is 0 Å². The number of nitrogens with zero attached hydrogens (tertiary/aromatic N) is 2. The first-order chi connectivity index (χ1) is 12.0. The fourth-order valence-electron chi connectivity index (χ4n) is 1.87. The van der Waals surface area contributed by atoms with Crippen molar-refractivity contribution in [2.45, 2.75) is 0 Å². The van der Waals surface area contributed by atoms with Crippen LogP contribution in [0.2, 0.25) is 0 Å². The number of para-hydroxylation sites is 2. The Morgan fingerprint density at radius 1 is 0.840 bits per heavy atom. The summed E-state index contributed by atoms with van der Waals surface area (Å²) in [5.41, 5.74) is 0.547. The van der Waals surface area contributed by atoms with Crippen molar-refractivity contribution >= 4 is 23.0 Å². The Balaban J connectivity index is 2.50. The molecule has 2 rings (SSSR count). The molecule has 2 aromatic carbocycles. The Labute approximate surface area is 147 Å². The molecule has 2 aromatic rings. The van der Waals surface area contributed by atoms with E-state index < -0.39 is 20.7 Å². The lowest BCUT2D eigenvalue weighted by Crippen LogP contribution is -2.16. The molecule has 0 aliphatic carbocycles. The maximum Gasteiger partial charge on any atom is 0.344 e. The molecule has 0 aromatic heterocycles. The van der Waals surface area contributed by atoms with Crippen molar-refractivity contribution in [1.29, 1.82) is 0 Å². The molecule has 8 nitrogen and oxygen atoms in total. The van der Waals surface area contributed by atoms with Crippen LogP contribution in [0.1, 0.15) is 0 Å². The lowest BCUT2D eigenvalue weighted by molar-refractivity contribution is -0.428. The third-order valence-electron chi connectivity index (χ3n) is 2.97. The Bertz CT molecular complexity index is 779. The minimum absolute atomic E-state index is 0.0533. The monoisotopic (exact) mass is 360 g/mol. The zero-order valence-corrected chi connectivity index (χ0v) is 13.5. The summed E-state index contributed by atoms with van der Waals surface area (Å²) in [6.45, 7) is 0. The Kier molecular flexibility index (Phi) is 6.08. The molecule has 0 aliphatic rings. The average molecular weight is 361 g/mol. The summed E-state index contributed by atoms with van der Waals surface area (Å²) in [6.07, 6.45) is 0.683. The number of benzene rings is 2. The predicted molar refractivity (Wildman–Crippen MR) is 95.1 cm³/mol. The smallest absolute Gasteiger partial charge is 0.336 e. The molecule has 0 saturated carbocycles. The zero-order valence-electron chi connectivity index (χ0n) is 12.8. The van der Waals surface area contributed by atoms with Crippen molar-refractivity contribution in [3.05, 3.63) is 104 Å². The Morgan fingerprint density at radius 3 is 1.64 bits per heavy atom. The molecule has 9 heteroatoms. The van der Waals surface area contributed by atoms with Crippen molar-refractivity contribution in [2.75, 3.05) is 10.6 Å². The van der Waals surface area contributed by atoms with E-state index in [0.717, 1.165) is 0 Å². The van der Waals surface area contributed by atoms with Crippen LogP contribution in [-0.4, -0.2) is 9.85 Å². The SMILES string of the molecule is O=[N+]([O-])C(/C=C(/Cl)[N+](=O)[O-])=C(Nc1ccccc1)Nc1ccccc1. The molecule has 0 fully saturated rings. The minimum Gasteiger partial charge on any atom is -0.336 e. The maximum absolute atomic E-state index is 11.4. The summed E-state index contributed by atoms with van der Waals surface area (Å²) in [6, 6.07) is 17.3. The van der Waals surface area contributed by atoms with Crippen molar-refractivity contribution in [3.8, 4) is 0 Å². The highest BCUT2D eigenvalue weighted by atomic mass is 35.5. The van der Waals surface area contributed by atoms with Gasteiger partial charge in [-0.1, -0.05) is 36.4 Å². The minimum atomic E-state index is -0.909. The van der Waals surface area contributed by atoms with Gasteiger partial charge >= 0.3 is 10.9 Å². The van der Waals surface area contributed by atoms with Crippen LogP contribution in [0, 0.1) is 20.2 Å². The molecule has 128 valence electrons. The van der Waals surface area contributed by atoms with Crippen LogP contribution in [0.15, 0.2) is 83.4 Å². The highest BCUT2D eigenvalue weighted by molar-refractivity contribution is 6.28. The number of nitro groups is 2. The van der Waals surface area contributed by atoms with Gasteiger partial charge in [0, 0.05) is 11.4 Å². The average Bonchev–Trinajstić information content (AvgIpc) is 2.60. The molecule has 25 heavy (non-hydrogen) atoms. The van der Waals surface area contributed by atoms with Gasteiger partial charge in [-0.3, -0.25) is 20.2 Å². The standard InChI is InChI=1S/C16H13ClN4O4/c17-15(21(24)25)11-14(20(22)23)16(18-12-7-3-1-4-8-12)19-13-9-5-2-6-10-13/h1-11,18-19H/b15-11-. The molecule has 0 radical (unpaired) electrons. The summed E-state index contributed by atoms with van der Waals surface area (Å²) >= 11 is 5.47. The van der Waals surface area contributed by atoms with Gasteiger partial charge in [-0.05, 0) is 35.9 Å². The van der Waals surface area contributed by atoms with Crippen molar-refractivity contribution in [2.24, 2.45) is 0 Å². The third-order valence-corrected chi connectivity index (χ3v) is 3.22. The first-order valence-corrected chi connectivity index (χ1v) is 7.39. The Hall–Kier alpha value is -3.39. The van der Waals surface area contributed by atoms with E-state index in [4.69, 9.17) is 11.6 Å². The topological polar surface area (TPSA) is 110 Å². The molecular formula is C16H13ClN4O4. The van der Waals surface area contributed by atoms with Gasteiger partial charge in [0.2, 0.25) is 0 Å². The second-order valence-electron chi connectivity index (χ2n) is 4.72. The van der Waals surface area contributed by atoms with E-state index in [-0.39, 0.29) is 5.82 Å².